The van der Waals surface area contributed by atoms with Gasteiger partial charge in [0.05, 0.1) is 6.54 Å². The second-order valence-corrected chi connectivity index (χ2v) is 7.28. The molecule has 0 radical (unpaired) electrons. The number of nitrogens with zero attached hydrogens (tertiary/aromatic N) is 3. The fourth-order valence-corrected chi connectivity index (χ4v) is 3.09. The van der Waals surface area contributed by atoms with Crippen molar-refractivity contribution in [3.05, 3.63) is 58.3 Å². The summed E-state index contributed by atoms with van der Waals surface area (Å²) in [7, 11) is 0. The van der Waals surface area contributed by atoms with Gasteiger partial charge in [0.2, 0.25) is 0 Å². The molecule has 0 aliphatic heterocycles. The van der Waals surface area contributed by atoms with Crippen LogP contribution in [0.25, 0.3) is 11.4 Å². The van der Waals surface area contributed by atoms with Crippen molar-refractivity contribution < 1.29 is 13.2 Å². The first kappa shape index (κ1) is 20.1. The minimum absolute atomic E-state index is 0.128. The molecule has 0 atom stereocenters. The Kier molecular flexibility index (Phi) is 6.17. The van der Waals surface area contributed by atoms with Gasteiger partial charge in [-0.3, -0.25) is 0 Å². The van der Waals surface area contributed by atoms with E-state index in [9.17, 15) is 13.2 Å². The van der Waals surface area contributed by atoms with E-state index < -0.39 is 11.9 Å². The summed E-state index contributed by atoms with van der Waals surface area (Å²) in [6.45, 7) is 4.79. The molecule has 28 heavy (non-hydrogen) atoms. The highest BCUT2D eigenvalue weighted by molar-refractivity contribution is 7.10. The van der Waals surface area contributed by atoms with E-state index in [1.165, 1.54) is 11.3 Å². The van der Waals surface area contributed by atoms with Crippen LogP contribution in [0.15, 0.2) is 42.0 Å². The molecule has 2 aromatic heterocycles. The highest BCUT2D eigenvalue weighted by Gasteiger charge is 2.35. The smallest absolute Gasteiger partial charge is 0.328 e. The molecule has 3 aromatic rings. The van der Waals surface area contributed by atoms with E-state index in [0.717, 1.165) is 16.8 Å². The number of nitrogens with one attached hydrogen (secondary N) is 1. The molecule has 0 bridgehead atoms. The van der Waals surface area contributed by atoms with Gasteiger partial charge >= 0.3 is 6.18 Å². The van der Waals surface area contributed by atoms with E-state index in [1.54, 1.807) is 22.9 Å². The van der Waals surface area contributed by atoms with Crippen molar-refractivity contribution in [2.24, 2.45) is 0 Å². The van der Waals surface area contributed by atoms with Crippen LogP contribution in [0, 0.1) is 11.8 Å². The number of imidazole rings is 1. The Morgan fingerprint density at radius 1 is 1.21 bits per heavy atom. The molecule has 0 spiro atoms. The molecular weight excluding hydrogens is 385 g/mol. The van der Waals surface area contributed by atoms with E-state index >= 15 is 0 Å². The second-order valence-electron chi connectivity index (χ2n) is 6.39. The molecule has 4 nitrogen and oxygen atoms in total. The van der Waals surface area contributed by atoms with Crippen molar-refractivity contribution in [3.63, 3.8) is 0 Å². The van der Waals surface area contributed by atoms with Crippen LogP contribution in [-0.2, 0) is 12.7 Å². The van der Waals surface area contributed by atoms with Gasteiger partial charge in [-0.25, -0.2) is 9.97 Å². The lowest BCUT2D eigenvalue weighted by molar-refractivity contribution is -0.140. The molecule has 8 heteroatoms. The molecule has 2 heterocycles. The first-order valence-electron chi connectivity index (χ1n) is 8.69. The zero-order chi connectivity index (χ0) is 20.1. The summed E-state index contributed by atoms with van der Waals surface area (Å²) >= 11 is 1.49. The Bertz CT molecular complexity index is 962. The Morgan fingerprint density at radius 2 is 1.96 bits per heavy atom. The van der Waals surface area contributed by atoms with Gasteiger partial charge in [-0.15, -0.1) is 11.3 Å². The Hall–Kier alpha value is -2.63. The van der Waals surface area contributed by atoms with Gasteiger partial charge in [0.1, 0.15) is 5.82 Å². The zero-order valence-electron chi connectivity index (χ0n) is 15.4. The van der Waals surface area contributed by atoms with Crippen molar-refractivity contribution in [2.45, 2.75) is 32.6 Å². The van der Waals surface area contributed by atoms with E-state index in [0.29, 0.717) is 24.5 Å². The quantitative estimate of drug-likeness (QED) is 0.493. The number of hydrogen-bond donors (Lipinski definition) is 1. The molecule has 3 rings (SSSR count). The van der Waals surface area contributed by atoms with Crippen molar-refractivity contribution in [3.8, 4) is 23.2 Å². The number of benzene rings is 1. The van der Waals surface area contributed by atoms with E-state index in [-0.39, 0.29) is 6.04 Å². The predicted octanol–water partition coefficient (Wildman–Crippen LogP) is 4.75. The van der Waals surface area contributed by atoms with Crippen LogP contribution in [-0.4, -0.2) is 21.1 Å². The molecule has 0 unspecified atom stereocenters. The molecule has 0 aliphatic rings. The van der Waals surface area contributed by atoms with Gasteiger partial charge in [-0.2, -0.15) is 13.2 Å². The molecule has 146 valence electrons. The Balaban J connectivity index is 1.66. The third-order valence-electron chi connectivity index (χ3n) is 3.96. The molecule has 1 aromatic carbocycles. The summed E-state index contributed by atoms with van der Waals surface area (Å²) in [6, 6.07) is 7.21. The van der Waals surface area contributed by atoms with Gasteiger partial charge in [0.15, 0.2) is 10.7 Å². The largest absolute Gasteiger partial charge is 0.434 e. The van der Waals surface area contributed by atoms with Crippen molar-refractivity contribution >= 4 is 11.3 Å². The van der Waals surface area contributed by atoms with Crippen LogP contribution >= 0.6 is 11.3 Å². The summed E-state index contributed by atoms with van der Waals surface area (Å²) in [4.78, 5) is 7.90. The standard InChI is InChI=1S/C20H19F3N4S/c1-14(2)27-13-17(20(21,22)23)26-19(27)16-7-5-15(6-8-16)12-24-9-3-4-18-25-10-11-28-18/h5-8,10-11,13-14,24H,9,12H2,1-2H3. The number of halogens is 3. The van der Waals surface area contributed by atoms with Gasteiger partial charge in [-0.05, 0) is 25.3 Å². The van der Waals surface area contributed by atoms with Crippen LogP contribution in [0.5, 0.6) is 0 Å². The van der Waals surface area contributed by atoms with Gasteiger partial charge in [0, 0.05) is 35.9 Å². The molecule has 0 aliphatic carbocycles. The zero-order valence-corrected chi connectivity index (χ0v) is 16.2. The Morgan fingerprint density at radius 3 is 2.57 bits per heavy atom. The number of aromatic nitrogens is 3. The molecule has 0 fully saturated rings. The molecule has 0 saturated heterocycles. The highest BCUT2D eigenvalue weighted by atomic mass is 32.1. The average molecular weight is 404 g/mol. The summed E-state index contributed by atoms with van der Waals surface area (Å²) in [5.74, 6) is 6.28. The van der Waals surface area contributed by atoms with Crippen molar-refractivity contribution in [1.82, 2.24) is 19.9 Å². The van der Waals surface area contributed by atoms with Crippen molar-refractivity contribution in [2.75, 3.05) is 6.54 Å². The number of rotatable bonds is 5. The van der Waals surface area contributed by atoms with E-state index in [2.05, 4.69) is 27.1 Å². The SMILES string of the molecule is CC(C)n1cc(C(F)(F)F)nc1-c1ccc(CNCC#Cc2nccs2)cc1. The number of thiazole rings is 1. The monoisotopic (exact) mass is 404 g/mol. The summed E-state index contributed by atoms with van der Waals surface area (Å²) in [6.07, 6.45) is -1.68. The summed E-state index contributed by atoms with van der Waals surface area (Å²) in [5, 5.41) is 5.87. The predicted molar refractivity (Wildman–Crippen MR) is 104 cm³/mol. The number of hydrogen-bond acceptors (Lipinski definition) is 4. The fourth-order valence-electron chi connectivity index (χ4n) is 2.58. The lowest BCUT2D eigenvalue weighted by Gasteiger charge is -2.11. The third-order valence-corrected chi connectivity index (χ3v) is 4.65. The van der Waals surface area contributed by atoms with E-state index in [1.807, 2.05) is 31.4 Å². The van der Waals surface area contributed by atoms with Crippen LogP contribution < -0.4 is 5.32 Å². The first-order valence-corrected chi connectivity index (χ1v) is 9.57. The molecular formula is C20H19F3N4S. The maximum absolute atomic E-state index is 13.0. The maximum Gasteiger partial charge on any atom is 0.434 e. The van der Waals surface area contributed by atoms with Gasteiger partial charge < -0.3 is 9.88 Å². The van der Waals surface area contributed by atoms with Gasteiger partial charge in [-0.1, -0.05) is 30.2 Å². The van der Waals surface area contributed by atoms with Crippen LogP contribution in [0.4, 0.5) is 13.2 Å². The minimum atomic E-state index is -4.46. The van der Waals surface area contributed by atoms with Crippen LogP contribution in [0.1, 0.15) is 36.2 Å². The number of alkyl halides is 3. The van der Waals surface area contributed by atoms with Crippen LogP contribution in [0.2, 0.25) is 0 Å². The Labute approximate surface area is 165 Å². The lowest BCUT2D eigenvalue weighted by Crippen LogP contribution is -2.13. The lowest BCUT2D eigenvalue weighted by atomic mass is 10.1. The average Bonchev–Trinajstić information content (AvgIpc) is 3.31. The second kappa shape index (κ2) is 8.59. The first-order chi connectivity index (χ1) is 13.3. The highest BCUT2D eigenvalue weighted by Crippen LogP contribution is 2.32. The molecule has 0 saturated carbocycles. The van der Waals surface area contributed by atoms with Crippen LogP contribution in [0.3, 0.4) is 0 Å². The third kappa shape index (κ3) is 5.00. The summed E-state index contributed by atoms with van der Waals surface area (Å²) in [5.41, 5.74) is 0.788. The maximum atomic E-state index is 13.0. The fraction of sp³-hybridized carbons (Fsp3) is 0.300. The topological polar surface area (TPSA) is 42.7 Å². The normalized spacial score (nSPS) is 11.5. The molecule has 0 amide bonds. The summed E-state index contributed by atoms with van der Waals surface area (Å²) < 4.78 is 40.6. The minimum Gasteiger partial charge on any atom is -0.328 e. The van der Waals surface area contributed by atoms with Crippen molar-refractivity contribution in [1.29, 1.82) is 0 Å². The van der Waals surface area contributed by atoms with E-state index in [4.69, 9.17) is 0 Å². The van der Waals surface area contributed by atoms with Gasteiger partial charge in [0.25, 0.3) is 0 Å². The molecule has 1 N–H and O–H groups in total.